The lowest BCUT2D eigenvalue weighted by Crippen LogP contribution is -2.41. The molecule has 0 amide bonds. The van der Waals surface area contributed by atoms with Crippen LogP contribution in [-0.4, -0.2) is 44.1 Å². The molecule has 0 radical (unpaired) electrons. The van der Waals surface area contributed by atoms with Crippen molar-refractivity contribution < 1.29 is 13.5 Å². The zero-order chi connectivity index (χ0) is 12.2. The summed E-state index contributed by atoms with van der Waals surface area (Å²) in [6, 6.07) is 0. The zero-order valence-corrected chi connectivity index (χ0v) is 10.8. The largest absolute Gasteiger partial charge is 0.393 e. The quantitative estimate of drug-likeness (QED) is 0.713. The molecule has 0 bridgehead atoms. The predicted molar refractivity (Wildman–Crippen MR) is 63.2 cm³/mol. The van der Waals surface area contributed by atoms with Gasteiger partial charge in [-0.2, -0.15) is 12.7 Å². The lowest BCUT2D eigenvalue weighted by Gasteiger charge is -2.20. The second kappa shape index (κ2) is 5.95. The van der Waals surface area contributed by atoms with Crippen molar-refractivity contribution in [1.29, 1.82) is 0 Å². The molecule has 0 saturated heterocycles. The summed E-state index contributed by atoms with van der Waals surface area (Å²) in [7, 11) is -1.79. The lowest BCUT2D eigenvalue weighted by atomic mass is 10.1. The third-order valence-electron chi connectivity index (χ3n) is 3.10. The number of hydrogen-bond donors (Lipinski definition) is 2. The Bertz CT molecular complexity index is 305. The van der Waals surface area contributed by atoms with Crippen LogP contribution in [0.2, 0.25) is 0 Å². The summed E-state index contributed by atoms with van der Waals surface area (Å²) >= 11 is 0. The molecule has 0 aromatic heterocycles. The molecule has 5 nitrogen and oxygen atoms in total. The number of rotatable bonds is 6. The summed E-state index contributed by atoms with van der Waals surface area (Å²) in [6.45, 7) is 2.80. The molecule has 0 spiro atoms. The second-order valence-corrected chi connectivity index (χ2v) is 6.30. The number of aliphatic hydroxyl groups excluding tert-OH is 1. The Morgan fingerprint density at radius 3 is 2.62 bits per heavy atom. The highest BCUT2D eigenvalue weighted by Crippen LogP contribution is 2.24. The maximum atomic E-state index is 11.7. The Balaban J connectivity index is 2.41. The van der Waals surface area contributed by atoms with Crippen molar-refractivity contribution in [3.05, 3.63) is 0 Å². The molecule has 0 aliphatic heterocycles. The van der Waals surface area contributed by atoms with Crippen molar-refractivity contribution in [3.8, 4) is 0 Å². The van der Waals surface area contributed by atoms with Crippen LogP contribution in [0.5, 0.6) is 0 Å². The molecule has 1 rings (SSSR count). The average Bonchev–Trinajstić information content (AvgIpc) is 2.61. The van der Waals surface area contributed by atoms with Crippen LogP contribution in [0.4, 0.5) is 0 Å². The Labute approximate surface area is 98.0 Å². The summed E-state index contributed by atoms with van der Waals surface area (Å²) in [6.07, 6.45) is 3.12. The van der Waals surface area contributed by atoms with Gasteiger partial charge in [0.15, 0.2) is 0 Å². The van der Waals surface area contributed by atoms with Gasteiger partial charge < -0.3 is 5.11 Å². The van der Waals surface area contributed by atoms with Gasteiger partial charge in [-0.15, -0.1) is 0 Å². The molecule has 2 atom stereocenters. The van der Waals surface area contributed by atoms with Gasteiger partial charge in [-0.1, -0.05) is 13.3 Å². The number of hydrogen-bond acceptors (Lipinski definition) is 3. The molecule has 96 valence electrons. The molecule has 0 aromatic carbocycles. The van der Waals surface area contributed by atoms with Crippen LogP contribution in [-0.2, 0) is 10.2 Å². The van der Waals surface area contributed by atoms with E-state index in [0.717, 1.165) is 25.7 Å². The third-order valence-corrected chi connectivity index (χ3v) is 4.63. The van der Waals surface area contributed by atoms with Crippen molar-refractivity contribution in [3.63, 3.8) is 0 Å². The van der Waals surface area contributed by atoms with Crippen LogP contribution in [0.1, 0.15) is 32.6 Å². The van der Waals surface area contributed by atoms with Gasteiger partial charge >= 0.3 is 0 Å². The van der Waals surface area contributed by atoms with E-state index in [9.17, 15) is 13.5 Å². The first kappa shape index (κ1) is 13.9. The SMILES string of the molecule is CCCN(C)S(=O)(=O)NC[C@H]1CCC[C@H]1O. The highest BCUT2D eigenvalue weighted by atomic mass is 32.2. The lowest BCUT2D eigenvalue weighted by molar-refractivity contribution is 0.134. The summed E-state index contributed by atoms with van der Waals surface area (Å²) in [5.41, 5.74) is 0. The van der Waals surface area contributed by atoms with Crippen LogP contribution in [0.3, 0.4) is 0 Å². The van der Waals surface area contributed by atoms with Crippen molar-refractivity contribution in [1.82, 2.24) is 9.03 Å². The Morgan fingerprint density at radius 2 is 2.12 bits per heavy atom. The van der Waals surface area contributed by atoms with Crippen LogP contribution in [0.25, 0.3) is 0 Å². The molecule has 1 aliphatic rings. The fourth-order valence-corrected chi connectivity index (χ4v) is 3.08. The molecule has 1 saturated carbocycles. The second-order valence-electron chi connectivity index (χ2n) is 4.43. The minimum atomic E-state index is -3.36. The van der Waals surface area contributed by atoms with Crippen LogP contribution in [0.15, 0.2) is 0 Å². The van der Waals surface area contributed by atoms with Gasteiger partial charge in [0.1, 0.15) is 0 Å². The van der Waals surface area contributed by atoms with Gasteiger partial charge in [0.05, 0.1) is 6.10 Å². The summed E-state index contributed by atoms with van der Waals surface area (Å²) in [5, 5.41) is 9.58. The van der Waals surface area contributed by atoms with Gasteiger partial charge in [0, 0.05) is 20.1 Å². The highest BCUT2D eigenvalue weighted by Gasteiger charge is 2.27. The number of nitrogens with one attached hydrogen (secondary N) is 1. The van der Waals surface area contributed by atoms with Gasteiger partial charge in [0.25, 0.3) is 10.2 Å². The summed E-state index contributed by atoms with van der Waals surface area (Å²) in [4.78, 5) is 0. The van der Waals surface area contributed by atoms with E-state index in [-0.39, 0.29) is 12.0 Å². The first-order valence-corrected chi connectivity index (χ1v) is 7.30. The number of aliphatic hydroxyl groups is 1. The van der Waals surface area contributed by atoms with Crippen molar-refractivity contribution in [2.24, 2.45) is 5.92 Å². The molecule has 0 aromatic rings. The van der Waals surface area contributed by atoms with Crippen molar-refractivity contribution in [2.45, 2.75) is 38.7 Å². The molecule has 0 unspecified atom stereocenters. The summed E-state index contributed by atoms with van der Waals surface area (Å²) < 4.78 is 27.3. The molecule has 6 heteroatoms. The maximum Gasteiger partial charge on any atom is 0.279 e. The average molecular weight is 250 g/mol. The van der Waals surface area contributed by atoms with Gasteiger partial charge in [-0.3, -0.25) is 0 Å². The van der Waals surface area contributed by atoms with E-state index >= 15 is 0 Å². The van der Waals surface area contributed by atoms with Crippen LogP contribution in [0, 0.1) is 5.92 Å². The fraction of sp³-hybridized carbons (Fsp3) is 1.00. The van der Waals surface area contributed by atoms with Crippen molar-refractivity contribution >= 4 is 10.2 Å². The topological polar surface area (TPSA) is 69.6 Å². The summed E-state index contributed by atoms with van der Waals surface area (Å²) in [5.74, 6) is 0.0739. The van der Waals surface area contributed by atoms with E-state index in [4.69, 9.17) is 0 Å². The monoisotopic (exact) mass is 250 g/mol. The molecular formula is C10H22N2O3S. The van der Waals surface area contributed by atoms with Gasteiger partial charge in [-0.05, 0) is 25.2 Å². The van der Waals surface area contributed by atoms with Gasteiger partial charge in [0.2, 0.25) is 0 Å². The molecule has 0 heterocycles. The smallest absolute Gasteiger partial charge is 0.279 e. The zero-order valence-electron chi connectivity index (χ0n) is 10.0. The van der Waals surface area contributed by atoms with Crippen LogP contribution >= 0.6 is 0 Å². The number of nitrogens with zero attached hydrogens (tertiary/aromatic N) is 1. The standard InChI is InChI=1S/C10H22N2O3S/c1-3-7-12(2)16(14,15)11-8-9-5-4-6-10(9)13/h9-11,13H,3-8H2,1-2H3/t9-,10-/m1/s1. The fourth-order valence-electron chi connectivity index (χ4n) is 2.01. The molecule has 2 N–H and O–H groups in total. The first-order chi connectivity index (χ1) is 7.47. The predicted octanol–water partition coefficient (Wildman–Crippen LogP) is 0.324. The molecular weight excluding hydrogens is 228 g/mol. The van der Waals surface area contributed by atoms with E-state index in [1.807, 2.05) is 6.92 Å². The van der Waals surface area contributed by atoms with Crippen LogP contribution < -0.4 is 4.72 Å². The van der Waals surface area contributed by atoms with E-state index in [1.54, 1.807) is 7.05 Å². The maximum absolute atomic E-state index is 11.7. The first-order valence-electron chi connectivity index (χ1n) is 5.86. The molecule has 16 heavy (non-hydrogen) atoms. The third kappa shape index (κ3) is 3.69. The Hall–Kier alpha value is -0.170. The van der Waals surface area contributed by atoms with E-state index in [1.165, 1.54) is 4.31 Å². The normalized spacial score (nSPS) is 26.5. The molecule has 1 aliphatic carbocycles. The van der Waals surface area contributed by atoms with E-state index in [0.29, 0.717) is 13.1 Å². The minimum Gasteiger partial charge on any atom is -0.393 e. The minimum absolute atomic E-state index is 0.0739. The van der Waals surface area contributed by atoms with Gasteiger partial charge in [-0.25, -0.2) is 4.72 Å². The Morgan fingerprint density at radius 1 is 1.44 bits per heavy atom. The van der Waals surface area contributed by atoms with E-state index < -0.39 is 10.2 Å². The van der Waals surface area contributed by atoms with Crippen molar-refractivity contribution in [2.75, 3.05) is 20.1 Å². The van der Waals surface area contributed by atoms with E-state index in [2.05, 4.69) is 4.72 Å². The Kier molecular flexibility index (Phi) is 5.17. The molecule has 1 fully saturated rings. The highest BCUT2D eigenvalue weighted by molar-refractivity contribution is 7.87.